The number of nitrogen functional groups attached to an aromatic ring is 1. The van der Waals surface area contributed by atoms with E-state index < -0.39 is 0 Å². The molecular formula is C23H21N5O3S. The monoisotopic (exact) mass is 447 g/mol. The molecule has 0 radical (unpaired) electrons. The van der Waals surface area contributed by atoms with E-state index in [1.807, 2.05) is 36.4 Å². The lowest BCUT2D eigenvalue weighted by molar-refractivity contribution is -0.118. The lowest BCUT2D eigenvalue weighted by atomic mass is 10.0. The van der Waals surface area contributed by atoms with Crippen molar-refractivity contribution in [1.82, 2.24) is 20.2 Å². The first kappa shape index (κ1) is 20.2. The Morgan fingerprint density at radius 2 is 1.91 bits per heavy atom. The number of thioether (sulfide) groups is 1. The van der Waals surface area contributed by atoms with Crippen molar-refractivity contribution in [3.63, 3.8) is 0 Å². The zero-order valence-corrected chi connectivity index (χ0v) is 18.0. The zero-order valence-electron chi connectivity index (χ0n) is 17.2. The maximum Gasteiger partial charge on any atom is 0.231 e. The van der Waals surface area contributed by atoms with Crippen molar-refractivity contribution < 1.29 is 14.3 Å². The fourth-order valence-electron chi connectivity index (χ4n) is 3.58. The Hall–Kier alpha value is -3.72. The van der Waals surface area contributed by atoms with Gasteiger partial charge in [0, 0.05) is 13.0 Å². The molecule has 32 heavy (non-hydrogen) atoms. The molecule has 1 aliphatic rings. The van der Waals surface area contributed by atoms with E-state index in [9.17, 15) is 4.79 Å². The van der Waals surface area contributed by atoms with Gasteiger partial charge in [-0.1, -0.05) is 60.3 Å². The molecule has 4 aromatic rings. The second-order valence-corrected chi connectivity index (χ2v) is 8.28. The average Bonchev–Trinajstić information content (AvgIpc) is 3.43. The highest BCUT2D eigenvalue weighted by Crippen LogP contribution is 2.32. The van der Waals surface area contributed by atoms with Crippen LogP contribution in [0.5, 0.6) is 11.5 Å². The first-order chi connectivity index (χ1) is 15.7. The van der Waals surface area contributed by atoms with Crippen LogP contribution in [0.3, 0.4) is 0 Å². The van der Waals surface area contributed by atoms with Gasteiger partial charge in [-0.2, -0.15) is 0 Å². The minimum absolute atomic E-state index is 0.119. The quantitative estimate of drug-likeness (QED) is 0.332. The number of nitrogens with zero attached hydrogens (tertiary/aromatic N) is 3. The maximum atomic E-state index is 12.3. The van der Waals surface area contributed by atoms with Crippen LogP contribution in [-0.2, 0) is 17.8 Å². The summed E-state index contributed by atoms with van der Waals surface area (Å²) >= 11 is 1.25. The Labute approximate surface area is 188 Å². The van der Waals surface area contributed by atoms with Gasteiger partial charge in [0.25, 0.3) is 0 Å². The number of rotatable bonds is 7. The fraction of sp³-hybridized carbons (Fsp3) is 0.174. The van der Waals surface area contributed by atoms with Crippen LogP contribution < -0.4 is 20.6 Å². The fourth-order valence-corrected chi connectivity index (χ4v) is 4.28. The van der Waals surface area contributed by atoms with Crippen LogP contribution >= 0.6 is 11.8 Å². The van der Waals surface area contributed by atoms with Gasteiger partial charge in [-0.15, -0.1) is 10.2 Å². The molecule has 1 aliphatic heterocycles. The number of aromatic nitrogens is 3. The Morgan fingerprint density at radius 3 is 2.84 bits per heavy atom. The smallest absolute Gasteiger partial charge is 0.231 e. The van der Waals surface area contributed by atoms with E-state index in [2.05, 4.69) is 39.8 Å². The minimum Gasteiger partial charge on any atom is -0.454 e. The van der Waals surface area contributed by atoms with Gasteiger partial charge in [-0.05, 0) is 34.0 Å². The third-order valence-corrected chi connectivity index (χ3v) is 6.17. The standard InChI is InChI=1S/C23H21N5O3S/c24-28-21(11-17-6-3-5-16-4-1-2-7-18(16)17)26-27-23(28)32-13-22(29)25-12-15-8-9-19-20(10-15)31-14-30-19/h1-10H,11-14,24H2,(H,25,29). The van der Waals surface area contributed by atoms with Crippen LogP contribution in [0.2, 0.25) is 0 Å². The van der Waals surface area contributed by atoms with Crippen molar-refractivity contribution in [3.8, 4) is 11.5 Å². The summed E-state index contributed by atoms with van der Waals surface area (Å²) in [5, 5.41) is 14.1. The van der Waals surface area contributed by atoms with Crippen LogP contribution in [0, 0.1) is 0 Å². The van der Waals surface area contributed by atoms with E-state index in [-0.39, 0.29) is 18.5 Å². The van der Waals surface area contributed by atoms with E-state index in [1.165, 1.54) is 21.8 Å². The van der Waals surface area contributed by atoms with Crippen molar-refractivity contribution in [3.05, 3.63) is 77.6 Å². The summed E-state index contributed by atoms with van der Waals surface area (Å²) in [6.07, 6.45) is 0.557. The van der Waals surface area contributed by atoms with Crippen molar-refractivity contribution in [2.45, 2.75) is 18.1 Å². The van der Waals surface area contributed by atoms with Gasteiger partial charge >= 0.3 is 0 Å². The van der Waals surface area contributed by atoms with Crippen LogP contribution in [0.1, 0.15) is 17.0 Å². The van der Waals surface area contributed by atoms with E-state index >= 15 is 0 Å². The summed E-state index contributed by atoms with van der Waals surface area (Å²) in [5.41, 5.74) is 2.06. The summed E-state index contributed by atoms with van der Waals surface area (Å²) in [4.78, 5) is 12.3. The molecule has 1 amide bonds. The molecule has 0 unspecified atom stereocenters. The highest BCUT2D eigenvalue weighted by molar-refractivity contribution is 7.99. The number of nitrogens with one attached hydrogen (secondary N) is 1. The molecule has 0 spiro atoms. The van der Waals surface area contributed by atoms with E-state index in [0.29, 0.717) is 29.7 Å². The molecular weight excluding hydrogens is 426 g/mol. The molecule has 3 aromatic carbocycles. The number of hydrogen-bond acceptors (Lipinski definition) is 7. The van der Waals surface area contributed by atoms with Crippen LogP contribution in [0.4, 0.5) is 0 Å². The van der Waals surface area contributed by atoms with Crippen molar-refractivity contribution >= 4 is 28.4 Å². The number of ether oxygens (including phenoxy) is 2. The number of carbonyl (C=O) groups excluding carboxylic acids is 1. The number of benzene rings is 3. The van der Waals surface area contributed by atoms with Gasteiger partial charge in [0.2, 0.25) is 17.9 Å². The summed E-state index contributed by atoms with van der Waals surface area (Å²) in [6.45, 7) is 0.627. The predicted molar refractivity (Wildman–Crippen MR) is 122 cm³/mol. The highest BCUT2D eigenvalue weighted by atomic mass is 32.2. The van der Waals surface area contributed by atoms with Crippen LogP contribution in [0.15, 0.2) is 65.8 Å². The van der Waals surface area contributed by atoms with Gasteiger partial charge < -0.3 is 20.6 Å². The summed E-state index contributed by atoms with van der Waals surface area (Å²) < 4.78 is 12.1. The molecule has 3 N–H and O–H groups in total. The van der Waals surface area contributed by atoms with Gasteiger partial charge in [0.15, 0.2) is 17.3 Å². The van der Waals surface area contributed by atoms with Gasteiger partial charge in [0.1, 0.15) is 0 Å². The van der Waals surface area contributed by atoms with Crippen molar-refractivity contribution in [1.29, 1.82) is 0 Å². The molecule has 0 bridgehead atoms. The predicted octanol–water partition coefficient (Wildman–Crippen LogP) is 2.87. The number of nitrogens with two attached hydrogens (primary N) is 1. The largest absolute Gasteiger partial charge is 0.454 e. The van der Waals surface area contributed by atoms with E-state index in [4.69, 9.17) is 15.3 Å². The summed E-state index contributed by atoms with van der Waals surface area (Å²) in [6, 6.07) is 20.0. The summed E-state index contributed by atoms with van der Waals surface area (Å²) in [7, 11) is 0. The second-order valence-electron chi connectivity index (χ2n) is 7.34. The molecule has 1 aromatic heterocycles. The Kier molecular flexibility index (Phi) is 5.55. The average molecular weight is 448 g/mol. The van der Waals surface area contributed by atoms with Crippen molar-refractivity contribution in [2.24, 2.45) is 0 Å². The number of carbonyl (C=O) groups is 1. The number of hydrogen-bond donors (Lipinski definition) is 2. The van der Waals surface area contributed by atoms with Crippen LogP contribution in [0.25, 0.3) is 10.8 Å². The molecule has 2 heterocycles. The molecule has 0 fully saturated rings. The molecule has 0 atom stereocenters. The third-order valence-electron chi connectivity index (χ3n) is 5.22. The second kappa shape index (κ2) is 8.80. The summed E-state index contributed by atoms with van der Waals surface area (Å²) in [5.74, 6) is 8.34. The topological polar surface area (TPSA) is 104 Å². The molecule has 0 saturated heterocycles. The molecule has 8 nitrogen and oxygen atoms in total. The zero-order chi connectivity index (χ0) is 21.9. The van der Waals surface area contributed by atoms with Crippen molar-refractivity contribution in [2.75, 3.05) is 18.4 Å². The van der Waals surface area contributed by atoms with Crippen LogP contribution in [-0.4, -0.2) is 33.3 Å². The Bertz CT molecular complexity index is 1280. The molecule has 162 valence electrons. The Balaban J connectivity index is 1.18. The van der Waals surface area contributed by atoms with E-state index in [0.717, 1.165) is 22.3 Å². The SMILES string of the molecule is Nn1c(Cc2cccc3ccccc23)nnc1SCC(=O)NCc1ccc2c(c1)OCO2. The van der Waals surface area contributed by atoms with Gasteiger partial charge in [-0.3, -0.25) is 4.79 Å². The Morgan fingerprint density at radius 1 is 1.06 bits per heavy atom. The normalized spacial score (nSPS) is 12.2. The first-order valence-corrected chi connectivity index (χ1v) is 11.1. The third kappa shape index (κ3) is 4.19. The number of amides is 1. The molecule has 0 saturated carbocycles. The van der Waals surface area contributed by atoms with Gasteiger partial charge in [0.05, 0.1) is 5.75 Å². The minimum atomic E-state index is -0.119. The first-order valence-electron chi connectivity index (χ1n) is 10.1. The lowest BCUT2D eigenvalue weighted by Crippen LogP contribution is -2.25. The van der Waals surface area contributed by atoms with E-state index in [1.54, 1.807) is 0 Å². The maximum absolute atomic E-state index is 12.3. The number of fused-ring (bicyclic) bond motifs is 2. The lowest BCUT2D eigenvalue weighted by Gasteiger charge is -2.08. The molecule has 5 rings (SSSR count). The highest BCUT2D eigenvalue weighted by Gasteiger charge is 2.15. The molecule has 0 aliphatic carbocycles. The van der Waals surface area contributed by atoms with Gasteiger partial charge in [-0.25, -0.2) is 4.68 Å². The molecule has 9 heteroatoms.